The average Bonchev–Trinajstić information content (AvgIpc) is 2.79. The zero-order valence-corrected chi connectivity index (χ0v) is 19.2. The standard InChI is InChI=1S/C25H15Cl3N2S/c26-18-9-5-16(6-10-18)15-31-25-22(14-29)21(20-3-1-2-4-23(20)28)13-24(30-25)17-7-11-19(27)12-8-17/h1-13H,15H2. The van der Waals surface area contributed by atoms with E-state index in [1.807, 2.05) is 78.9 Å². The molecule has 0 aliphatic rings. The SMILES string of the molecule is N#Cc1c(-c2ccccc2Cl)cc(-c2ccc(Cl)cc2)nc1SCc1ccc(Cl)cc1. The Balaban J connectivity index is 1.83. The fourth-order valence-corrected chi connectivity index (χ4v) is 4.58. The van der Waals surface area contributed by atoms with Gasteiger partial charge in [-0.15, -0.1) is 11.8 Å². The number of nitrogens with zero attached hydrogens (tertiary/aromatic N) is 2. The lowest BCUT2D eigenvalue weighted by Gasteiger charge is -2.13. The summed E-state index contributed by atoms with van der Waals surface area (Å²) in [6, 6.07) is 26.9. The molecule has 31 heavy (non-hydrogen) atoms. The molecule has 4 aromatic rings. The van der Waals surface area contributed by atoms with Crippen molar-refractivity contribution in [2.75, 3.05) is 0 Å². The van der Waals surface area contributed by atoms with E-state index in [-0.39, 0.29) is 0 Å². The van der Waals surface area contributed by atoms with Gasteiger partial charge >= 0.3 is 0 Å². The maximum Gasteiger partial charge on any atom is 0.115 e. The van der Waals surface area contributed by atoms with Gasteiger partial charge in [0.25, 0.3) is 0 Å². The van der Waals surface area contributed by atoms with Crippen molar-refractivity contribution in [1.82, 2.24) is 4.98 Å². The fraction of sp³-hybridized carbons (Fsp3) is 0.0400. The zero-order valence-electron chi connectivity index (χ0n) is 16.1. The summed E-state index contributed by atoms with van der Waals surface area (Å²) in [5, 5.41) is 12.6. The number of thioether (sulfide) groups is 1. The van der Waals surface area contributed by atoms with Crippen LogP contribution < -0.4 is 0 Å². The second-order valence-electron chi connectivity index (χ2n) is 6.75. The molecule has 2 nitrogen and oxygen atoms in total. The van der Waals surface area contributed by atoms with Crippen LogP contribution in [0.4, 0.5) is 0 Å². The number of aromatic nitrogens is 1. The van der Waals surface area contributed by atoms with Crippen LogP contribution in [0.15, 0.2) is 83.9 Å². The van der Waals surface area contributed by atoms with Crippen LogP contribution >= 0.6 is 46.6 Å². The number of rotatable bonds is 5. The number of nitriles is 1. The van der Waals surface area contributed by atoms with Crippen molar-refractivity contribution in [3.8, 4) is 28.5 Å². The van der Waals surface area contributed by atoms with Gasteiger partial charge in [-0.05, 0) is 42.0 Å². The van der Waals surface area contributed by atoms with Gasteiger partial charge in [-0.1, -0.05) is 77.3 Å². The quantitative estimate of drug-likeness (QED) is 0.268. The Bertz CT molecular complexity index is 1260. The molecule has 0 aliphatic carbocycles. The highest BCUT2D eigenvalue weighted by atomic mass is 35.5. The third-order valence-corrected chi connectivity index (χ3v) is 6.57. The normalized spacial score (nSPS) is 10.6. The van der Waals surface area contributed by atoms with Gasteiger partial charge in [-0.2, -0.15) is 5.26 Å². The monoisotopic (exact) mass is 480 g/mol. The highest BCUT2D eigenvalue weighted by molar-refractivity contribution is 7.98. The van der Waals surface area contributed by atoms with Gasteiger partial charge in [0.05, 0.1) is 11.3 Å². The van der Waals surface area contributed by atoms with Gasteiger partial charge < -0.3 is 0 Å². The summed E-state index contributed by atoms with van der Waals surface area (Å²) in [6.07, 6.45) is 0. The summed E-state index contributed by atoms with van der Waals surface area (Å²) in [7, 11) is 0. The van der Waals surface area contributed by atoms with Crippen molar-refractivity contribution in [3.63, 3.8) is 0 Å². The Morgan fingerprint density at radius 2 is 1.45 bits per heavy atom. The largest absolute Gasteiger partial charge is 0.240 e. The topological polar surface area (TPSA) is 36.7 Å². The molecule has 0 aliphatic heterocycles. The molecule has 0 unspecified atom stereocenters. The summed E-state index contributed by atoms with van der Waals surface area (Å²) >= 11 is 20.0. The first-order valence-electron chi connectivity index (χ1n) is 9.38. The summed E-state index contributed by atoms with van der Waals surface area (Å²) in [5.41, 5.74) is 4.82. The minimum atomic E-state index is 0.504. The zero-order chi connectivity index (χ0) is 21.8. The number of benzene rings is 3. The van der Waals surface area contributed by atoms with Crippen LogP contribution in [0.5, 0.6) is 0 Å². The van der Waals surface area contributed by atoms with E-state index in [1.165, 1.54) is 11.8 Å². The number of hydrogen-bond acceptors (Lipinski definition) is 3. The molecule has 0 radical (unpaired) electrons. The summed E-state index contributed by atoms with van der Waals surface area (Å²) in [6.45, 7) is 0. The Morgan fingerprint density at radius 1 is 0.806 bits per heavy atom. The van der Waals surface area contributed by atoms with Gasteiger partial charge in [0.15, 0.2) is 0 Å². The highest BCUT2D eigenvalue weighted by Gasteiger charge is 2.17. The van der Waals surface area contributed by atoms with Gasteiger partial charge in [0.1, 0.15) is 11.1 Å². The van der Waals surface area contributed by atoms with E-state index in [0.29, 0.717) is 31.4 Å². The van der Waals surface area contributed by atoms with E-state index >= 15 is 0 Å². The lowest BCUT2D eigenvalue weighted by molar-refractivity contribution is 1.12. The summed E-state index contributed by atoms with van der Waals surface area (Å²) in [5.74, 6) is 0.658. The molecule has 152 valence electrons. The molecule has 0 amide bonds. The first-order valence-corrected chi connectivity index (χ1v) is 11.5. The maximum absolute atomic E-state index is 10.0. The molecule has 0 saturated heterocycles. The molecule has 0 spiro atoms. The average molecular weight is 482 g/mol. The smallest absolute Gasteiger partial charge is 0.115 e. The van der Waals surface area contributed by atoms with Crippen molar-refractivity contribution in [2.24, 2.45) is 0 Å². The van der Waals surface area contributed by atoms with E-state index in [9.17, 15) is 5.26 Å². The molecular formula is C25H15Cl3N2S. The Morgan fingerprint density at radius 3 is 2.10 bits per heavy atom. The van der Waals surface area contributed by atoms with Crippen molar-refractivity contribution in [3.05, 3.63) is 105 Å². The van der Waals surface area contributed by atoms with Gasteiger partial charge in [-0.3, -0.25) is 0 Å². The molecule has 1 heterocycles. The van der Waals surface area contributed by atoms with Crippen molar-refractivity contribution in [1.29, 1.82) is 5.26 Å². The van der Waals surface area contributed by atoms with E-state index in [4.69, 9.17) is 39.8 Å². The molecule has 0 saturated carbocycles. The highest BCUT2D eigenvalue weighted by Crippen LogP contribution is 2.38. The van der Waals surface area contributed by atoms with Gasteiger partial charge in [0.2, 0.25) is 0 Å². The van der Waals surface area contributed by atoms with E-state index < -0.39 is 0 Å². The van der Waals surface area contributed by atoms with Crippen LogP contribution in [0.2, 0.25) is 15.1 Å². The van der Waals surface area contributed by atoms with E-state index in [0.717, 1.165) is 27.9 Å². The molecule has 0 N–H and O–H groups in total. The minimum absolute atomic E-state index is 0.504. The van der Waals surface area contributed by atoms with Crippen LogP contribution in [0.3, 0.4) is 0 Å². The van der Waals surface area contributed by atoms with E-state index in [2.05, 4.69) is 6.07 Å². The molecule has 3 aromatic carbocycles. The Hall–Kier alpha value is -2.48. The molecule has 0 bridgehead atoms. The van der Waals surface area contributed by atoms with Crippen molar-refractivity contribution >= 4 is 46.6 Å². The van der Waals surface area contributed by atoms with Crippen LogP contribution in [0.1, 0.15) is 11.1 Å². The lowest BCUT2D eigenvalue weighted by Crippen LogP contribution is -1.96. The van der Waals surface area contributed by atoms with Crippen molar-refractivity contribution < 1.29 is 0 Å². The molecular weight excluding hydrogens is 467 g/mol. The van der Waals surface area contributed by atoms with Crippen LogP contribution in [-0.4, -0.2) is 4.98 Å². The van der Waals surface area contributed by atoms with Crippen LogP contribution in [0, 0.1) is 11.3 Å². The molecule has 0 atom stereocenters. The predicted octanol–water partition coefficient (Wildman–Crippen LogP) is 8.54. The van der Waals surface area contributed by atoms with Gasteiger partial charge in [-0.25, -0.2) is 4.98 Å². The Labute approximate surface area is 200 Å². The van der Waals surface area contributed by atoms with Crippen LogP contribution in [0.25, 0.3) is 22.4 Å². The van der Waals surface area contributed by atoms with Crippen LogP contribution in [-0.2, 0) is 5.75 Å². The van der Waals surface area contributed by atoms with E-state index in [1.54, 1.807) is 0 Å². The summed E-state index contributed by atoms with van der Waals surface area (Å²) in [4.78, 5) is 4.82. The second kappa shape index (κ2) is 9.77. The van der Waals surface area contributed by atoms with Gasteiger partial charge in [0, 0.05) is 37.5 Å². The first-order chi connectivity index (χ1) is 15.0. The third kappa shape index (κ3) is 5.06. The van der Waals surface area contributed by atoms with Crippen molar-refractivity contribution in [2.45, 2.75) is 10.8 Å². The lowest BCUT2D eigenvalue weighted by atomic mass is 9.99. The number of hydrogen-bond donors (Lipinski definition) is 0. The second-order valence-corrected chi connectivity index (χ2v) is 8.99. The maximum atomic E-state index is 10.0. The molecule has 4 rings (SSSR count). The number of halogens is 3. The summed E-state index contributed by atoms with van der Waals surface area (Å²) < 4.78 is 0. The predicted molar refractivity (Wildman–Crippen MR) is 131 cm³/mol. The molecule has 0 fully saturated rings. The molecule has 1 aromatic heterocycles. The minimum Gasteiger partial charge on any atom is -0.240 e. The Kier molecular flexibility index (Phi) is 6.85. The fourth-order valence-electron chi connectivity index (χ4n) is 3.13. The first kappa shape index (κ1) is 21.7. The number of pyridine rings is 1. The molecule has 6 heteroatoms. The third-order valence-electron chi connectivity index (χ3n) is 4.69.